The van der Waals surface area contributed by atoms with Crippen LogP contribution in [0.1, 0.15) is 96.3 Å². The summed E-state index contributed by atoms with van der Waals surface area (Å²) < 4.78 is 5.64. The summed E-state index contributed by atoms with van der Waals surface area (Å²) in [6, 6.07) is 9.19. The number of likely N-dealkylation sites (tertiary alicyclic amines) is 1. The van der Waals surface area contributed by atoms with E-state index >= 15 is 0 Å². The Balaban J connectivity index is 1.15. The van der Waals surface area contributed by atoms with Gasteiger partial charge < -0.3 is 15.0 Å². The number of imide groups is 1. The van der Waals surface area contributed by atoms with Crippen LogP contribution in [0.4, 0.5) is 4.79 Å². The predicted octanol–water partition coefficient (Wildman–Crippen LogP) is 5.93. The van der Waals surface area contributed by atoms with Gasteiger partial charge in [-0.3, -0.25) is 14.5 Å². The Labute approximate surface area is 234 Å². The van der Waals surface area contributed by atoms with E-state index in [1.54, 1.807) is 0 Å². The molecule has 0 spiro atoms. The third-order valence-corrected chi connectivity index (χ3v) is 9.83. The standard InChI is InChI=1S/C32H47N3O4/c36-29(24-39-28-14-8-3-9-15-28)34-20-17-27(18-21-34)23-35-30(37)32(33-31(35)38,22-26-12-6-2-7-13-26)19-16-25-10-4-1-5-11-25/h3,8-9,14-15,25-27H,1-2,4-7,10-13,16-24H2,(H,33,38). The lowest BCUT2D eigenvalue weighted by atomic mass is 9.75. The maximum Gasteiger partial charge on any atom is 0.325 e. The maximum atomic E-state index is 14.0. The molecule has 2 aliphatic carbocycles. The number of nitrogens with zero attached hydrogens (tertiary/aromatic N) is 2. The molecule has 4 amide bonds. The summed E-state index contributed by atoms with van der Waals surface area (Å²) in [5.41, 5.74) is -0.720. The highest BCUT2D eigenvalue weighted by Crippen LogP contribution is 2.39. The molecule has 2 saturated heterocycles. The zero-order valence-electron chi connectivity index (χ0n) is 23.6. The number of hydrogen-bond acceptors (Lipinski definition) is 4. The van der Waals surface area contributed by atoms with Gasteiger partial charge in [0.1, 0.15) is 11.3 Å². The van der Waals surface area contributed by atoms with E-state index in [4.69, 9.17) is 4.74 Å². The normalized spacial score (nSPS) is 25.6. The number of urea groups is 1. The Kier molecular flexibility index (Phi) is 9.46. The first-order valence-electron chi connectivity index (χ1n) is 15.6. The number of rotatable bonds is 10. The molecule has 2 saturated carbocycles. The molecule has 1 aromatic rings. The highest BCUT2D eigenvalue weighted by Gasteiger charge is 2.52. The van der Waals surface area contributed by atoms with Crippen LogP contribution in [0.2, 0.25) is 0 Å². The van der Waals surface area contributed by atoms with Crippen LogP contribution in [0.5, 0.6) is 5.75 Å². The van der Waals surface area contributed by atoms with Gasteiger partial charge in [-0.1, -0.05) is 82.4 Å². The fourth-order valence-corrected chi connectivity index (χ4v) is 7.44. The molecule has 2 aliphatic heterocycles. The number of piperidine rings is 1. The summed E-state index contributed by atoms with van der Waals surface area (Å²) in [7, 11) is 0. The van der Waals surface area contributed by atoms with Crippen molar-refractivity contribution in [2.75, 3.05) is 26.2 Å². The molecule has 39 heavy (non-hydrogen) atoms. The van der Waals surface area contributed by atoms with Gasteiger partial charge in [-0.2, -0.15) is 0 Å². The number of para-hydroxylation sites is 1. The Hall–Kier alpha value is -2.57. The van der Waals surface area contributed by atoms with Crippen LogP contribution in [0.25, 0.3) is 0 Å². The molecule has 0 radical (unpaired) electrons. The van der Waals surface area contributed by atoms with Gasteiger partial charge in [0.25, 0.3) is 11.8 Å². The van der Waals surface area contributed by atoms with E-state index in [1.165, 1.54) is 69.1 Å². The van der Waals surface area contributed by atoms with Crippen molar-refractivity contribution in [3.05, 3.63) is 30.3 Å². The van der Waals surface area contributed by atoms with Gasteiger partial charge in [0.2, 0.25) is 0 Å². The molecule has 7 heteroatoms. The number of benzene rings is 1. The molecule has 5 rings (SSSR count). The van der Waals surface area contributed by atoms with Crippen molar-refractivity contribution in [1.82, 2.24) is 15.1 Å². The quantitative estimate of drug-likeness (QED) is 0.376. The van der Waals surface area contributed by atoms with Gasteiger partial charge in [0, 0.05) is 19.6 Å². The molecule has 1 aromatic carbocycles. The zero-order chi connectivity index (χ0) is 27.1. The van der Waals surface area contributed by atoms with Gasteiger partial charge in [-0.05, 0) is 62.0 Å². The molecular weight excluding hydrogens is 490 g/mol. The van der Waals surface area contributed by atoms with Crippen molar-refractivity contribution >= 4 is 17.8 Å². The van der Waals surface area contributed by atoms with Gasteiger partial charge in [-0.15, -0.1) is 0 Å². The predicted molar refractivity (Wildman–Crippen MR) is 151 cm³/mol. The van der Waals surface area contributed by atoms with E-state index in [0.717, 1.165) is 32.1 Å². The van der Waals surface area contributed by atoms with E-state index < -0.39 is 5.54 Å². The largest absolute Gasteiger partial charge is 0.484 e. The third-order valence-electron chi connectivity index (χ3n) is 9.83. The summed E-state index contributed by atoms with van der Waals surface area (Å²) in [6.45, 7) is 1.77. The molecule has 7 nitrogen and oxygen atoms in total. The average molecular weight is 538 g/mol. The number of hydrogen-bond donors (Lipinski definition) is 1. The second kappa shape index (κ2) is 13.2. The molecule has 0 bridgehead atoms. The monoisotopic (exact) mass is 537 g/mol. The summed E-state index contributed by atoms with van der Waals surface area (Å²) in [5.74, 6) is 2.14. The Morgan fingerprint density at radius 1 is 0.846 bits per heavy atom. The first-order valence-corrected chi connectivity index (χ1v) is 15.6. The minimum Gasteiger partial charge on any atom is -0.484 e. The van der Waals surface area contributed by atoms with E-state index in [-0.39, 0.29) is 30.4 Å². The van der Waals surface area contributed by atoms with Crippen LogP contribution in [-0.4, -0.2) is 59.4 Å². The lowest BCUT2D eigenvalue weighted by Gasteiger charge is -2.35. The van der Waals surface area contributed by atoms with Crippen molar-refractivity contribution in [2.45, 2.75) is 102 Å². The second-order valence-corrected chi connectivity index (χ2v) is 12.6. The fourth-order valence-electron chi connectivity index (χ4n) is 7.44. The molecule has 4 fully saturated rings. The second-order valence-electron chi connectivity index (χ2n) is 12.6. The number of nitrogens with one attached hydrogen (secondary N) is 1. The maximum absolute atomic E-state index is 14.0. The Bertz CT molecular complexity index is 965. The summed E-state index contributed by atoms with van der Waals surface area (Å²) in [5, 5.41) is 3.26. The molecule has 0 aromatic heterocycles. The van der Waals surface area contributed by atoms with Crippen LogP contribution in [0, 0.1) is 17.8 Å². The molecule has 4 aliphatic rings. The molecule has 214 valence electrons. The van der Waals surface area contributed by atoms with Crippen molar-refractivity contribution in [2.24, 2.45) is 17.8 Å². The average Bonchev–Trinajstić information content (AvgIpc) is 3.21. The highest BCUT2D eigenvalue weighted by atomic mass is 16.5. The smallest absolute Gasteiger partial charge is 0.325 e. The topological polar surface area (TPSA) is 79.0 Å². The van der Waals surface area contributed by atoms with Crippen LogP contribution >= 0.6 is 0 Å². The third kappa shape index (κ3) is 7.15. The number of carbonyl (C=O) groups excluding carboxylic acids is 3. The van der Waals surface area contributed by atoms with Gasteiger partial charge in [0.05, 0.1) is 0 Å². The van der Waals surface area contributed by atoms with Crippen LogP contribution in [0.3, 0.4) is 0 Å². The van der Waals surface area contributed by atoms with E-state index in [1.807, 2.05) is 35.2 Å². The van der Waals surface area contributed by atoms with Crippen molar-refractivity contribution in [3.8, 4) is 5.75 Å². The highest BCUT2D eigenvalue weighted by molar-refractivity contribution is 6.07. The molecule has 1 unspecified atom stereocenters. The zero-order valence-corrected chi connectivity index (χ0v) is 23.6. The minimum absolute atomic E-state index is 0.0125. The summed E-state index contributed by atoms with van der Waals surface area (Å²) >= 11 is 0. The summed E-state index contributed by atoms with van der Waals surface area (Å²) in [4.78, 5) is 43.3. The molecule has 1 N–H and O–H groups in total. The van der Waals surface area contributed by atoms with Crippen molar-refractivity contribution in [3.63, 3.8) is 0 Å². The number of carbonyl (C=O) groups is 3. The molecule has 2 heterocycles. The SMILES string of the molecule is O=C(COc1ccccc1)N1CCC(CN2C(=O)NC(CCC3CCCCC3)(CC3CCCCC3)C2=O)CC1. The van der Waals surface area contributed by atoms with Gasteiger partial charge in [0.15, 0.2) is 6.61 Å². The molecular formula is C32H47N3O4. The lowest BCUT2D eigenvalue weighted by Crippen LogP contribution is -2.49. The Morgan fingerprint density at radius 3 is 2.15 bits per heavy atom. The van der Waals surface area contributed by atoms with E-state index in [9.17, 15) is 14.4 Å². The number of ether oxygens (including phenoxy) is 1. The first-order chi connectivity index (χ1) is 19.0. The number of amides is 4. The molecule has 1 atom stereocenters. The lowest BCUT2D eigenvalue weighted by molar-refractivity contribution is -0.136. The van der Waals surface area contributed by atoms with Crippen molar-refractivity contribution < 1.29 is 19.1 Å². The van der Waals surface area contributed by atoms with E-state index in [0.29, 0.717) is 37.2 Å². The van der Waals surface area contributed by atoms with Crippen LogP contribution in [-0.2, 0) is 9.59 Å². The Morgan fingerprint density at radius 2 is 1.49 bits per heavy atom. The van der Waals surface area contributed by atoms with Crippen molar-refractivity contribution in [1.29, 1.82) is 0 Å². The minimum atomic E-state index is -0.720. The van der Waals surface area contributed by atoms with E-state index in [2.05, 4.69) is 5.32 Å². The first kappa shape index (κ1) is 28.0. The van der Waals surface area contributed by atoms with Gasteiger partial charge >= 0.3 is 6.03 Å². The van der Waals surface area contributed by atoms with Gasteiger partial charge in [-0.25, -0.2) is 4.79 Å². The fraction of sp³-hybridized carbons (Fsp3) is 0.719. The summed E-state index contributed by atoms with van der Waals surface area (Å²) in [6.07, 6.45) is 16.8. The van der Waals surface area contributed by atoms with Crippen LogP contribution in [0.15, 0.2) is 30.3 Å². The van der Waals surface area contributed by atoms with Crippen LogP contribution < -0.4 is 10.1 Å².